The Hall–Kier alpha value is -2.99. The molecule has 0 spiro atoms. The van der Waals surface area contributed by atoms with Crippen LogP contribution in [0.4, 0.5) is 0 Å². The van der Waals surface area contributed by atoms with E-state index in [4.69, 9.17) is 28.4 Å². The predicted octanol–water partition coefficient (Wildman–Crippen LogP) is 1.05. The summed E-state index contributed by atoms with van der Waals surface area (Å²) in [6.07, 6.45) is -3.34. The van der Waals surface area contributed by atoms with E-state index in [1.54, 1.807) is 58.0 Å². The lowest BCUT2D eigenvalue weighted by molar-refractivity contribution is -0.201. The number of rotatable bonds is 10. The molecule has 0 saturated carbocycles. The average molecular weight is 494 g/mol. The van der Waals surface area contributed by atoms with Crippen LogP contribution in [0.5, 0.6) is 0 Å². The van der Waals surface area contributed by atoms with Crippen molar-refractivity contribution in [1.29, 1.82) is 0 Å². The van der Waals surface area contributed by atoms with Crippen LogP contribution < -0.4 is 5.32 Å². The van der Waals surface area contributed by atoms with E-state index in [9.17, 15) is 19.5 Å². The van der Waals surface area contributed by atoms with Crippen LogP contribution in [0.2, 0.25) is 0 Å². The molecule has 35 heavy (non-hydrogen) atoms. The van der Waals surface area contributed by atoms with Gasteiger partial charge < -0.3 is 38.8 Å². The van der Waals surface area contributed by atoms with Gasteiger partial charge in [-0.15, -0.1) is 0 Å². The zero-order valence-corrected chi connectivity index (χ0v) is 20.1. The van der Waals surface area contributed by atoms with Gasteiger partial charge in [0.15, 0.2) is 17.6 Å². The van der Waals surface area contributed by atoms with Gasteiger partial charge in [-0.3, -0.25) is 0 Å². The van der Waals surface area contributed by atoms with Crippen molar-refractivity contribution in [2.45, 2.75) is 64.1 Å². The Morgan fingerprint density at radius 2 is 1.63 bits per heavy atom. The molecule has 0 bridgehead atoms. The monoisotopic (exact) mass is 493 g/mol. The first-order valence-corrected chi connectivity index (χ1v) is 11.4. The fraction of sp³-hybridized carbons (Fsp3) is 0.542. The number of carbonyl (C=O) groups excluding carboxylic acids is 3. The van der Waals surface area contributed by atoms with Gasteiger partial charge in [-0.25, -0.2) is 14.4 Å². The Kier molecular flexibility index (Phi) is 8.84. The first kappa shape index (κ1) is 26.6. The van der Waals surface area contributed by atoms with Crippen LogP contribution in [0.1, 0.15) is 38.1 Å². The fourth-order valence-corrected chi connectivity index (χ4v) is 3.77. The van der Waals surface area contributed by atoms with E-state index >= 15 is 0 Å². The molecule has 0 radical (unpaired) electrons. The van der Waals surface area contributed by atoms with Gasteiger partial charge >= 0.3 is 17.9 Å². The van der Waals surface area contributed by atoms with Crippen molar-refractivity contribution in [2.24, 2.45) is 0 Å². The molecule has 2 aliphatic rings. The van der Waals surface area contributed by atoms with E-state index in [2.05, 4.69) is 5.32 Å². The molecule has 11 nitrogen and oxygen atoms in total. The zero-order valence-electron chi connectivity index (χ0n) is 20.1. The van der Waals surface area contributed by atoms with Gasteiger partial charge in [0.2, 0.25) is 0 Å². The smallest absolute Gasteiger partial charge is 0.347 e. The summed E-state index contributed by atoms with van der Waals surface area (Å²) in [6.45, 7) is 6.44. The van der Waals surface area contributed by atoms with Crippen molar-refractivity contribution < 1.29 is 47.9 Å². The molecular weight excluding hydrogens is 462 g/mol. The number of carbonyl (C=O) groups is 3. The number of ether oxygens (including phenoxy) is 6. The molecule has 2 aliphatic heterocycles. The Balaban J connectivity index is 1.71. The Labute approximate surface area is 203 Å². The van der Waals surface area contributed by atoms with Crippen molar-refractivity contribution >= 4 is 17.9 Å². The highest BCUT2D eigenvalue weighted by molar-refractivity contribution is 6.13. The molecule has 11 heteroatoms. The van der Waals surface area contributed by atoms with Gasteiger partial charge in [0.1, 0.15) is 31.0 Å². The fourth-order valence-electron chi connectivity index (χ4n) is 3.77. The van der Waals surface area contributed by atoms with Crippen molar-refractivity contribution in [3.05, 3.63) is 47.7 Å². The topological polar surface area (TPSA) is 139 Å². The summed E-state index contributed by atoms with van der Waals surface area (Å²) >= 11 is 0. The lowest BCUT2D eigenvalue weighted by Crippen LogP contribution is -2.41. The number of hydrogen-bond donors (Lipinski definition) is 2. The molecule has 0 aliphatic carbocycles. The van der Waals surface area contributed by atoms with Crippen molar-refractivity contribution in [1.82, 2.24) is 5.32 Å². The summed E-state index contributed by atoms with van der Waals surface area (Å²) in [5.41, 5.74) is -0.00513. The molecule has 5 atom stereocenters. The molecule has 2 heterocycles. The third kappa shape index (κ3) is 6.57. The Morgan fingerprint density at radius 1 is 1.03 bits per heavy atom. The molecule has 2 fully saturated rings. The van der Waals surface area contributed by atoms with Gasteiger partial charge in [0, 0.05) is 6.20 Å². The van der Waals surface area contributed by atoms with Gasteiger partial charge in [0.05, 0.1) is 18.8 Å². The van der Waals surface area contributed by atoms with Gasteiger partial charge in [-0.1, -0.05) is 18.2 Å². The lowest BCUT2D eigenvalue weighted by Gasteiger charge is -2.26. The molecule has 1 aromatic rings. The van der Waals surface area contributed by atoms with Crippen molar-refractivity contribution in [2.75, 3.05) is 19.8 Å². The summed E-state index contributed by atoms with van der Waals surface area (Å²) in [6, 6.07) is 8.38. The second kappa shape index (κ2) is 11.6. The molecule has 0 unspecified atom stereocenters. The quantitative estimate of drug-likeness (QED) is 0.159. The lowest BCUT2D eigenvalue weighted by atomic mass is 10.1. The zero-order chi connectivity index (χ0) is 25.6. The third-order valence-electron chi connectivity index (χ3n) is 5.25. The minimum Gasteiger partial charge on any atom is -0.462 e. The first-order chi connectivity index (χ1) is 16.7. The Morgan fingerprint density at radius 3 is 2.23 bits per heavy atom. The van der Waals surface area contributed by atoms with Crippen molar-refractivity contribution in [3.8, 4) is 0 Å². The largest absolute Gasteiger partial charge is 0.462 e. The second-order valence-corrected chi connectivity index (χ2v) is 8.28. The summed E-state index contributed by atoms with van der Waals surface area (Å²) in [5, 5.41) is 13.6. The number of esters is 3. The van der Waals surface area contributed by atoms with E-state index < -0.39 is 54.3 Å². The predicted molar refractivity (Wildman–Crippen MR) is 120 cm³/mol. The van der Waals surface area contributed by atoms with Gasteiger partial charge in [-0.2, -0.15) is 0 Å². The molecule has 2 N–H and O–H groups in total. The maximum absolute atomic E-state index is 12.2. The number of hydrogen-bond acceptors (Lipinski definition) is 11. The summed E-state index contributed by atoms with van der Waals surface area (Å²) in [4.78, 5) is 36.7. The molecule has 1 aromatic carbocycles. The number of fused-ring (bicyclic) bond motifs is 1. The highest BCUT2D eigenvalue weighted by Gasteiger charge is 2.57. The number of nitrogens with one attached hydrogen (secondary N) is 1. The van der Waals surface area contributed by atoms with Crippen LogP contribution in [0, 0.1) is 0 Å². The van der Waals surface area contributed by atoms with Crippen LogP contribution in [-0.2, 0) is 38.0 Å². The molecule has 2 saturated heterocycles. The summed E-state index contributed by atoms with van der Waals surface area (Å²) < 4.78 is 32.8. The highest BCUT2D eigenvalue weighted by Crippen LogP contribution is 2.39. The first-order valence-electron chi connectivity index (χ1n) is 11.4. The summed E-state index contributed by atoms with van der Waals surface area (Å²) in [7, 11) is 0. The summed E-state index contributed by atoms with van der Waals surface area (Å²) in [5.74, 6) is -3.29. The normalized spacial score (nSPS) is 25.2. The van der Waals surface area contributed by atoms with E-state index in [0.29, 0.717) is 5.56 Å². The molecule has 192 valence electrons. The van der Waals surface area contributed by atoms with Crippen LogP contribution in [-0.4, -0.2) is 79.3 Å². The highest BCUT2D eigenvalue weighted by atomic mass is 16.8. The van der Waals surface area contributed by atoms with Crippen LogP contribution in [0.15, 0.2) is 42.1 Å². The van der Waals surface area contributed by atoms with Crippen molar-refractivity contribution in [3.63, 3.8) is 0 Å². The van der Waals surface area contributed by atoms with Gasteiger partial charge in [0.25, 0.3) is 0 Å². The number of benzene rings is 1. The standard InChI is InChI=1S/C24H31NO10/c1-5-30-22(28)15(23(29)31-6-2)12-25-20-19-18(34-24(3,4)35-19)17(33-20)16(26)13-32-21(27)14-10-8-7-9-11-14/h7-12,16-20,25-26H,5-6,13H2,1-4H3/t16-,17-,18+,19+,20-/m1/s1. The third-order valence-corrected chi connectivity index (χ3v) is 5.25. The Bertz CT molecular complexity index is 911. The van der Waals surface area contributed by atoms with Crippen LogP contribution in [0.25, 0.3) is 0 Å². The molecule has 0 amide bonds. The van der Waals surface area contributed by atoms with E-state index in [1.165, 1.54) is 0 Å². The molecule has 0 aromatic heterocycles. The SMILES string of the molecule is CCOC(=O)C(=CN[C@@H]1O[C@H]([C@H](O)COC(=O)c2ccccc2)[C@@H]2OC(C)(C)O[C@@H]21)C(=O)OCC. The number of aliphatic hydroxyl groups is 1. The minimum absolute atomic E-state index is 0.0707. The maximum atomic E-state index is 12.2. The molecule has 3 rings (SSSR count). The average Bonchev–Trinajstić information content (AvgIpc) is 3.31. The van der Waals surface area contributed by atoms with E-state index in [1.807, 2.05) is 0 Å². The minimum atomic E-state index is -1.24. The second-order valence-electron chi connectivity index (χ2n) is 8.28. The van der Waals surface area contributed by atoms with E-state index in [-0.39, 0.29) is 25.4 Å². The maximum Gasteiger partial charge on any atom is 0.347 e. The van der Waals surface area contributed by atoms with E-state index in [0.717, 1.165) is 6.20 Å². The van der Waals surface area contributed by atoms with Gasteiger partial charge in [-0.05, 0) is 39.8 Å². The molecular formula is C24H31NO10. The van der Waals surface area contributed by atoms with Crippen LogP contribution in [0.3, 0.4) is 0 Å². The van der Waals surface area contributed by atoms with Crippen LogP contribution >= 0.6 is 0 Å². The number of aliphatic hydroxyl groups excluding tert-OH is 1.